The third-order valence-corrected chi connectivity index (χ3v) is 1.92. The summed E-state index contributed by atoms with van der Waals surface area (Å²) in [5, 5.41) is 14.2. The second kappa shape index (κ2) is 3.62. The average molecular weight is 192 g/mol. The van der Waals surface area contributed by atoms with Crippen molar-refractivity contribution in [1.82, 2.24) is 5.16 Å². The summed E-state index contributed by atoms with van der Waals surface area (Å²) < 4.78 is 4.32. The van der Waals surface area contributed by atoms with Gasteiger partial charge in [0, 0.05) is 13.1 Å². The largest absolute Gasteiger partial charge is 0.358 e. The summed E-state index contributed by atoms with van der Waals surface area (Å²) in [5.74, 6) is 0.400. The fourth-order valence-electron chi connectivity index (χ4n) is 0.942. The Hall–Kier alpha value is -0.970. The van der Waals surface area contributed by atoms with E-state index >= 15 is 0 Å². The number of hydrogen-bond donors (Lipinski definition) is 0. The number of anilines is 1. The first kappa shape index (κ1) is 9.12. The first-order valence-electron chi connectivity index (χ1n) is 3.70. The SMILES string of the molecule is CCN(CC)c1no[n+]([O-])c1Cl. The molecule has 0 aliphatic carbocycles. The van der Waals surface area contributed by atoms with Crippen molar-refractivity contribution in [3.8, 4) is 0 Å². The van der Waals surface area contributed by atoms with Crippen LogP contribution >= 0.6 is 11.6 Å². The monoisotopic (exact) mass is 191 g/mol. The van der Waals surface area contributed by atoms with E-state index in [1.165, 1.54) is 0 Å². The smallest absolute Gasteiger partial charge is 0.329 e. The Morgan fingerprint density at radius 2 is 2.17 bits per heavy atom. The van der Waals surface area contributed by atoms with Crippen molar-refractivity contribution in [2.45, 2.75) is 13.8 Å². The molecule has 5 nitrogen and oxygen atoms in total. The van der Waals surface area contributed by atoms with Gasteiger partial charge in [-0.3, -0.25) is 4.63 Å². The Bertz CT molecular complexity index is 259. The summed E-state index contributed by atoms with van der Waals surface area (Å²) in [6.07, 6.45) is 0. The van der Waals surface area contributed by atoms with E-state index in [0.717, 1.165) is 13.1 Å². The van der Waals surface area contributed by atoms with Crippen LogP contribution in [-0.4, -0.2) is 18.2 Å². The highest BCUT2D eigenvalue weighted by Gasteiger charge is 2.20. The number of hydrogen-bond acceptors (Lipinski definition) is 4. The zero-order chi connectivity index (χ0) is 9.14. The lowest BCUT2D eigenvalue weighted by Crippen LogP contribution is -2.26. The van der Waals surface area contributed by atoms with Gasteiger partial charge in [0.2, 0.25) is 0 Å². The Morgan fingerprint density at radius 3 is 2.50 bits per heavy atom. The summed E-state index contributed by atoms with van der Waals surface area (Å²) in [6, 6.07) is 0. The third kappa shape index (κ3) is 1.45. The standard InChI is InChI=1S/C6H10ClN3O2/c1-3-9(4-2)6-5(7)10(11)12-8-6/h3-4H2,1-2H3. The van der Waals surface area contributed by atoms with Crippen LogP contribution in [-0.2, 0) is 0 Å². The molecule has 0 aliphatic rings. The van der Waals surface area contributed by atoms with Crippen molar-refractivity contribution in [2.24, 2.45) is 0 Å². The molecule has 1 rings (SSSR count). The highest BCUT2D eigenvalue weighted by molar-refractivity contribution is 6.30. The van der Waals surface area contributed by atoms with E-state index in [1.807, 2.05) is 18.7 Å². The molecule has 0 saturated carbocycles. The molecule has 0 atom stereocenters. The van der Waals surface area contributed by atoms with E-state index in [0.29, 0.717) is 5.82 Å². The van der Waals surface area contributed by atoms with Gasteiger partial charge in [-0.2, -0.15) is 0 Å². The lowest BCUT2D eigenvalue weighted by atomic mass is 10.5. The number of halogens is 1. The molecular weight excluding hydrogens is 182 g/mol. The fourth-order valence-corrected chi connectivity index (χ4v) is 1.13. The Kier molecular flexibility index (Phi) is 2.75. The Labute approximate surface area is 75.0 Å². The molecule has 0 bridgehead atoms. The van der Waals surface area contributed by atoms with Gasteiger partial charge in [-0.05, 0) is 30.4 Å². The van der Waals surface area contributed by atoms with Crippen LogP contribution in [0.15, 0.2) is 4.63 Å². The fraction of sp³-hybridized carbons (Fsp3) is 0.667. The van der Waals surface area contributed by atoms with E-state index in [4.69, 9.17) is 11.6 Å². The lowest BCUT2D eigenvalue weighted by Gasteiger charge is -2.12. The molecule has 0 aliphatic heterocycles. The molecule has 6 heteroatoms. The van der Waals surface area contributed by atoms with Crippen molar-refractivity contribution in [3.63, 3.8) is 0 Å². The molecule has 1 aromatic rings. The van der Waals surface area contributed by atoms with E-state index in [-0.39, 0.29) is 10.1 Å². The van der Waals surface area contributed by atoms with Crippen molar-refractivity contribution in [2.75, 3.05) is 18.0 Å². The summed E-state index contributed by atoms with van der Waals surface area (Å²) >= 11 is 5.61. The first-order valence-corrected chi connectivity index (χ1v) is 4.08. The molecule has 12 heavy (non-hydrogen) atoms. The molecule has 0 N–H and O–H groups in total. The second-order valence-corrected chi connectivity index (χ2v) is 2.57. The van der Waals surface area contributed by atoms with Crippen molar-refractivity contribution >= 4 is 17.4 Å². The van der Waals surface area contributed by atoms with Gasteiger partial charge >= 0.3 is 11.0 Å². The van der Waals surface area contributed by atoms with E-state index in [2.05, 4.69) is 9.79 Å². The lowest BCUT2D eigenvalue weighted by molar-refractivity contribution is -0.800. The van der Waals surface area contributed by atoms with Gasteiger partial charge in [-0.25, -0.2) is 0 Å². The second-order valence-electron chi connectivity index (χ2n) is 2.22. The summed E-state index contributed by atoms with van der Waals surface area (Å²) in [6.45, 7) is 5.37. The van der Waals surface area contributed by atoms with Crippen LogP contribution in [0.25, 0.3) is 0 Å². The molecule has 0 amide bonds. The molecule has 0 aromatic carbocycles. The normalized spacial score (nSPS) is 10.2. The van der Waals surface area contributed by atoms with Crippen molar-refractivity contribution < 1.29 is 9.53 Å². The molecule has 1 aromatic heterocycles. The first-order chi connectivity index (χ1) is 5.70. The van der Waals surface area contributed by atoms with Crippen LogP contribution in [0.5, 0.6) is 0 Å². The highest BCUT2D eigenvalue weighted by Crippen LogP contribution is 2.18. The molecule has 0 unspecified atom stereocenters. The van der Waals surface area contributed by atoms with Gasteiger partial charge in [0.25, 0.3) is 0 Å². The van der Waals surface area contributed by atoms with E-state index in [1.54, 1.807) is 0 Å². The topological polar surface area (TPSA) is 56.2 Å². The maximum atomic E-state index is 10.7. The van der Waals surface area contributed by atoms with Gasteiger partial charge in [-0.15, -0.1) is 0 Å². The summed E-state index contributed by atoms with van der Waals surface area (Å²) in [5.41, 5.74) is 0. The predicted octanol–water partition coefficient (Wildman–Crippen LogP) is 0.808. The molecule has 1 heterocycles. The minimum atomic E-state index is -0.0151. The molecule has 0 saturated heterocycles. The van der Waals surface area contributed by atoms with Gasteiger partial charge in [0.05, 0.1) is 5.16 Å². The zero-order valence-electron chi connectivity index (χ0n) is 6.95. The molecular formula is C6H10ClN3O2. The predicted molar refractivity (Wildman–Crippen MR) is 44.0 cm³/mol. The summed E-state index contributed by atoms with van der Waals surface area (Å²) in [7, 11) is 0. The minimum Gasteiger partial charge on any atom is -0.358 e. The quantitative estimate of drug-likeness (QED) is 0.664. The molecule has 0 radical (unpaired) electrons. The number of nitrogens with zero attached hydrogens (tertiary/aromatic N) is 3. The summed E-state index contributed by atoms with van der Waals surface area (Å²) in [4.78, 5) is 2.02. The minimum absolute atomic E-state index is 0.0151. The maximum Gasteiger partial charge on any atom is 0.329 e. The zero-order valence-corrected chi connectivity index (χ0v) is 7.71. The van der Waals surface area contributed by atoms with Crippen LogP contribution < -0.4 is 9.80 Å². The van der Waals surface area contributed by atoms with Gasteiger partial charge < -0.3 is 10.1 Å². The van der Waals surface area contributed by atoms with Crippen molar-refractivity contribution in [3.05, 3.63) is 10.4 Å². The van der Waals surface area contributed by atoms with Gasteiger partial charge in [0.15, 0.2) is 0 Å². The third-order valence-electron chi connectivity index (χ3n) is 1.61. The Morgan fingerprint density at radius 1 is 1.58 bits per heavy atom. The number of rotatable bonds is 3. The average Bonchev–Trinajstić information content (AvgIpc) is 2.38. The van der Waals surface area contributed by atoms with Crippen LogP contribution in [0.3, 0.4) is 0 Å². The van der Waals surface area contributed by atoms with Crippen LogP contribution in [0.2, 0.25) is 5.15 Å². The van der Waals surface area contributed by atoms with Crippen LogP contribution in [0.1, 0.15) is 13.8 Å². The Balaban J connectivity index is 2.93. The van der Waals surface area contributed by atoms with E-state index < -0.39 is 0 Å². The molecule has 68 valence electrons. The maximum absolute atomic E-state index is 10.7. The van der Waals surface area contributed by atoms with E-state index in [9.17, 15) is 5.21 Å². The highest BCUT2D eigenvalue weighted by atomic mass is 35.5. The number of aromatic nitrogens is 2. The van der Waals surface area contributed by atoms with Crippen molar-refractivity contribution in [1.29, 1.82) is 0 Å². The molecule has 0 fully saturated rings. The van der Waals surface area contributed by atoms with Crippen LogP contribution in [0, 0.1) is 5.21 Å². The van der Waals surface area contributed by atoms with Gasteiger partial charge in [0.1, 0.15) is 0 Å². The van der Waals surface area contributed by atoms with Gasteiger partial charge in [-0.1, -0.05) is 0 Å². The molecule has 0 spiro atoms. The van der Waals surface area contributed by atoms with Crippen LogP contribution in [0.4, 0.5) is 5.82 Å².